The van der Waals surface area contributed by atoms with Crippen LogP contribution in [0, 0.1) is 13.8 Å². The summed E-state index contributed by atoms with van der Waals surface area (Å²) < 4.78 is 0. The molecule has 0 N–H and O–H groups in total. The molecule has 0 bridgehead atoms. The second kappa shape index (κ2) is 7.50. The smallest absolute Gasteiger partial charge is 0.0736 e. The van der Waals surface area contributed by atoms with Crippen LogP contribution >= 0.6 is 11.8 Å². The number of rotatable bonds is 1. The number of hydrogen-bond acceptors (Lipinski definition) is 3. The number of pyridine rings is 1. The molecule has 5 rings (SSSR count). The fraction of sp³-hybridized carbons (Fsp3) is 0.367. The first-order valence-corrected chi connectivity index (χ1v) is 12.8. The largest absolute Gasteiger partial charge is 0.329 e. The van der Waals surface area contributed by atoms with Gasteiger partial charge in [-0.1, -0.05) is 59.7 Å². The molecular weight excluding hydrogens is 420 g/mol. The molecule has 3 heterocycles. The zero-order valence-electron chi connectivity index (χ0n) is 21.1. The summed E-state index contributed by atoms with van der Waals surface area (Å²) in [4.78, 5) is 8.33. The van der Waals surface area contributed by atoms with Gasteiger partial charge in [-0.2, -0.15) is 0 Å². The number of thioether (sulfide) groups is 1. The van der Waals surface area contributed by atoms with Crippen molar-refractivity contribution in [3.8, 4) is 11.1 Å². The van der Waals surface area contributed by atoms with Crippen molar-refractivity contribution < 1.29 is 0 Å². The van der Waals surface area contributed by atoms with Crippen molar-refractivity contribution >= 4 is 28.1 Å². The van der Waals surface area contributed by atoms with Crippen molar-refractivity contribution in [2.45, 2.75) is 66.2 Å². The molecule has 0 fully saturated rings. The maximum Gasteiger partial charge on any atom is 0.0736 e. The van der Waals surface area contributed by atoms with Gasteiger partial charge < -0.3 is 4.90 Å². The van der Waals surface area contributed by atoms with Crippen LogP contribution in [0.4, 0.5) is 5.69 Å². The Hall–Kier alpha value is -2.52. The Morgan fingerprint density at radius 2 is 1.33 bits per heavy atom. The van der Waals surface area contributed by atoms with E-state index in [0.717, 1.165) is 5.88 Å². The van der Waals surface area contributed by atoms with Crippen LogP contribution < -0.4 is 4.90 Å². The van der Waals surface area contributed by atoms with E-state index >= 15 is 0 Å². The fourth-order valence-electron chi connectivity index (χ4n) is 4.99. The zero-order chi connectivity index (χ0) is 23.7. The molecule has 1 aromatic heterocycles. The Morgan fingerprint density at radius 1 is 0.758 bits per heavy atom. The van der Waals surface area contributed by atoms with E-state index in [0.29, 0.717) is 0 Å². The number of benzene rings is 2. The molecule has 2 aromatic carbocycles. The molecule has 0 atom stereocenters. The Kier molecular flexibility index (Phi) is 5.06. The molecule has 33 heavy (non-hydrogen) atoms. The van der Waals surface area contributed by atoms with Crippen LogP contribution in [0.2, 0.25) is 0 Å². The van der Waals surface area contributed by atoms with Gasteiger partial charge in [-0.25, -0.2) is 0 Å². The fourth-order valence-corrected chi connectivity index (χ4v) is 6.34. The minimum atomic E-state index is 0.105. The van der Waals surface area contributed by atoms with Crippen LogP contribution in [-0.4, -0.2) is 10.9 Å². The molecule has 0 unspecified atom stereocenters. The quantitative estimate of drug-likeness (QED) is 0.368. The molecule has 0 spiro atoms. The predicted octanol–water partition coefficient (Wildman–Crippen LogP) is 8.31. The maximum atomic E-state index is 4.43. The second-order valence-corrected chi connectivity index (χ2v) is 12.5. The summed E-state index contributed by atoms with van der Waals surface area (Å²) in [6.07, 6.45) is 3.99. The highest BCUT2D eigenvalue weighted by Gasteiger charge is 2.36. The first kappa shape index (κ1) is 22.3. The molecule has 0 radical (unpaired) electrons. The molecule has 2 aliphatic heterocycles. The van der Waals surface area contributed by atoms with Crippen LogP contribution in [0.25, 0.3) is 21.7 Å². The minimum Gasteiger partial charge on any atom is -0.329 e. The van der Waals surface area contributed by atoms with Crippen molar-refractivity contribution in [1.82, 2.24) is 4.98 Å². The third-order valence-corrected chi connectivity index (χ3v) is 8.03. The summed E-state index contributed by atoms with van der Waals surface area (Å²) in [6.45, 7) is 18.2. The van der Waals surface area contributed by atoms with Crippen LogP contribution in [0.1, 0.15) is 74.9 Å². The first-order valence-electron chi connectivity index (χ1n) is 11.8. The van der Waals surface area contributed by atoms with E-state index in [4.69, 9.17) is 0 Å². The normalized spacial score (nSPS) is 15.5. The Bertz CT molecular complexity index is 1280. The van der Waals surface area contributed by atoms with Gasteiger partial charge in [0.15, 0.2) is 0 Å². The van der Waals surface area contributed by atoms with Crippen LogP contribution in [0.15, 0.2) is 48.8 Å². The number of aromatic nitrogens is 1. The lowest BCUT2D eigenvalue weighted by Gasteiger charge is -2.34. The van der Waals surface area contributed by atoms with Gasteiger partial charge in [0, 0.05) is 34.1 Å². The van der Waals surface area contributed by atoms with E-state index in [9.17, 15) is 0 Å². The van der Waals surface area contributed by atoms with Gasteiger partial charge in [0.1, 0.15) is 0 Å². The van der Waals surface area contributed by atoms with E-state index in [1.165, 1.54) is 60.8 Å². The predicted molar refractivity (Wildman–Crippen MR) is 145 cm³/mol. The number of nitrogens with zero attached hydrogens (tertiary/aromatic N) is 2. The summed E-state index contributed by atoms with van der Waals surface area (Å²) in [5, 5.41) is 0. The standard InChI is InChI=1S/C30H34N2S/c1-18-15-31-16-19(2)26(18)28-27-22-11-9-20(29(3,4)5)13-23(22)24-14-21(30(6,7)8)10-12-25(24)32(27)17-33-28/h9-16H,17H2,1-8H3. The Labute approximate surface area is 203 Å². The van der Waals surface area contributed by atoms with E-state index in [2.05, 4.69) is 102 Å². The average molecular weight is 455 g/mol. The van der Waals surface area contributed by atoms with Crippen LogP contribution in [0.3, 0.4) is 0 Å². The van der Waals surface area contributed by atoms with Crippen molar-refractivity contribution in [3.05, 3.63) is 82.2 Å². The molecule has 2 aliphatic rings. The van der Waals surface area contributed by atoms with E-state index in [1.807, 2.05) is 24.2 Å². The van der Waals surface area contributed by atoms with Crippen molar-refractivity contribution in [1.29, 1.82) is 0 Å². The molecular formula is C30H34N2S. The second-order valence-electron chi connectivity index (χ2n) is 11.5. The van der Waals surface area contributed by atoms with Gasteiger partial charge in [-0.3, -0.25) is 4.98 Å². The highest BCUT2D eigenvalue weighted by atomic mass is 32.2. The number of fused-ring (bicyclic) bond motifs is 6. The monoisotopic (exact) mass is 454 g/mol. The summed E-state index contributed by atoms with van der Waals surface area (Å²) >= 11 is 1.95. The third kappa shape index (κ3) is 3.61. The third-order valence-electron chi connectivity index (χ3n) is 6.96. The molecule has 2 nitrogen and oxygen atoms in total. The lowest BCUT2D eigenvalue weighted by atomic mass is 9.79. The molecule has 0 aliphatic carbocycles. The van der Waals surface area contributed by atoms with Gasteiger partial charge in [0.05, 0.1) is 11.6 Å². The molecule has 0 saturated heterocycles. The lowest BCUT2D eigenvalue weighted by Crippen LogP contribution is -2.23. The highest BCUT2D eigenvalue weighted by molar-refractivity contribution is 8.09. The Balaban J connectivity index is 1.83. The lowest BCUT2D eigenvalue weighted by molar-refractivity contribution is 0.589. The molecule has 0 amide bonds. The topological polar surface area (TPSA) is 16.1 Å². The summed E-state index contributed by atoms with van der Waals surface area (Å²) in [7, 11) is 0. The number of aryl methyl sites for hydroxylation is 2. The summed E-state index contributed by atoms with van der Waals surface area (Å²) in [5.41, 5.74) is 13.5. The van der Waals surface area contributed by atoms with Gasteiger partial charge in [-0.05, 0) is 76.3 Å². The SMILES string of the molecule is Cc1cncc(C)c1C1=C2c3ccc(C(C)(C)C)cc3-c3cc(C(C)(C)C)ccc3N2CS1. The van der Waals surface area contributed by atoms with E-state index < -0.39 is 0 Å². The van der Waals surface area contributed by atoms with Crippen molar-refractivity contribution in [2.24, 2.45) is 0 Å². The summed E-state index contributed by atoms with van der Waals surface area (Å²) in [6, 6.07) is 14.2. The van der Waals surface area contributed by atoms with E-state index in [1.54, 1.807) is 0 Å². The van der Waals surface area contributed by atoms with Crippen molar-refractivity contribution in [2.75, 3.05) is 10.8 Å². The molecule has 3 aromatic rings. The maximum absolute atomic E-state index is 4.43. The van der Waals surface area contributed by atoms with Crippen LogP contribution in [-0.2, 0) is 10.8 Å². The van der Waals surface area contributed by atoms with Crippen molar-refractivity contribution in [3.63, 3.8) is 0 Å². The average Bonchev–Trinajstić information content (AvgIpc) is 3.17. The summed E-state index contributed by atoms with van der Waals surface area (Å²) in [5.74, 6) is 0.939. The highest BCUT2D eigenvalue weighted by Crippen LogP contribution is 2.55. The van der Waals surface area contributed by atoms with E-state index in [-0.39, 0.29) is 10.8 Å². The van der Waals surface area contributed by atoms with Gasteiger partial charge in [0.25, 0.3) is 0 Å². The van der Waals surface area contributed by atoms with Crippen LogP contribution in [0.5, 0.6) is 0 Å². The minimum absolute atomic E-state index is 0.105. The molecule has 170 valence electrons. The first-order chi connectivity index (χ1) is 15.5. The molecule has 3 heteroatoms. The van der Waals surface area contributed by atoms with Gasteiger partial charge in [0.2, 0.25) is 0 Å². The van der Waals surface area contributed by atoms with Gasteiger partial charge in [-0.15, -0.1) is 11.8 Å². The number of anilines is 1. The Morgan fingerprint density at radius 3 is 1.94 bits per heavy atom. The molecule has 0 saturated carbocycles. The zero-order valence-corrected chi connectivity index (χ0v) is 21.9. The van der Waals surface area contributed by atoms with Gasteiger partial charge >= 0.3 is 0 Å². The number of hydrogen-bond donors (Lipinski definition) is 0.